The summed E-state index contributed by atoms with van der Waals surface area (Å²) >= 11 is 0. The normalized spacial score (nSPS) is 11.8. The first-order valence-electron chi connectivity index (χ1n) is 7.42. The van der Waals surface area contributed by atoms with Gasteiger partial charge in [-0.25, -0.2) is 0 Å². The van der Waals surface area contributed by atoms with Gasteiger partial charge in [0.25, 0.3) is 0 Å². The molecule has 118 valence electrons. The Bertz CT molecular complexity index is 406. The van der Waals surface area contributed by atoms with Gasteiger partial charge in [0.15, 0.2) is 0 Å². The molecule has 0 aliphatic carbocycles. The molecule has 2 N–H and O–H groups in total. The van der Waals surface area contributed by atoms with Gasteiger partial charge in [0.05, 0.1) is 7.11 Å². The van der Waals surface area contributed by atoms with E-state index in [4.69, 9.17) is 9.47 Å². The number of rotatable bonds is 10. The molecule has 5 heteroatoms. The van der Waals surface area contributed by atoms with Crippen LogP contribution >= 0.6 is 0 Å². The molecule has 0 heterocycles. The third-order valence-corrected chi connectivity index (χ3v) is 3.16. The van der Waals surface area contributed by atoms with Gasteiger partial charge in [0.1, 0.15) is 18.1 Å². The maximum Gasteiger partial charge on any atom is 0.221 e. The Morgan fingerprint density at radius 1 is 1.19 bits per heavy atom. The van der Waals surface area contributed by atoms with Crippen LogP contribution < -0.4 is 20.1 Å². The van der Waals surface area contributed by atoms with E-state index in [0.717, 1.165) is 17.9 Å². The summed E-state index contributed by atoms with van der Waals surface area (Å²) in [5.41, 5.74) is 0. The summed E-state index contributed by atoms with van der Waals surface area (Å²) in [6.45, 7) is 6.00. The summed E-state index contributed by atoms with van der Waals surface area (Å²) < 4.78 is 10.7. The average molecular weight is 294 g/mol. The number of ether oxygens (including phenoxy) is 2. The second-order valence-electron chi connectivity index (χ2n) is 4.90. The van der Waals surface area contributed by atoms with Crippen molar-refractivity contribution in [3.05, 3.63) is 24.3 Å². The molecule has 0 radical (unpaired) electrons. The van der Waals surface area contributed by atoms with Crippen molar-refractivity contribution in [3.63, 3.8) is 0 Å². The molecule has 0 aromatic heterocycles. The molecule has 5 nitrogen and oxygen atoms in total. The second-order valence-corrected chi connectivity index (χ2v) is 4.90. The third kappa shape index (κ3) is 7.56. The molecule has 0 bridgehead atoms. The monoisotopic (exact) mass is 294 g/mol. The van der Waals surface area contributed by atoms with E-state index in [1.54, 1.807) is 7.11 Å². The van der Waals surface area contributed by atoms with Crippen molar-refractivity contribution in [3.8, 4) is 11.5 Å². The number of methoxy groups -OCH3 is 1. The molecule has 21 heavy (non-hydrogen) atoms. The van der Waals surface area contributed by atoms with E-state index in [-0.39, 0.29) is 11.9 Å². The smallest absolute Gasteiger partial charge is 0.221 e. The zero-order valence-electron chi connectivity index (χ0n) is 13.1. The first kappa shape index (κ1) is 17.3. The van der Waals surface area contributed by atoms with E-state index >= 15 is 0 Å². The lowest BCUT2D eigenvalue weighted by Crippen LogP contribution is -2.34. The number of carbonyl (C=O) groups is 1. The summed E-state index contributed by atoms with van der Waals surface area (Å²) in [5, 5.41) is 6.12. The SMILES string of the molecule is CCC(C)NC(=O)CCNCCOc1ccc(OC)cc1. The van der Waals surface area contributed by atoms with Crippen molar-refractivity contribution in [1.29, 1.82) is 0 Å². The molecule has 0 fully saturated rings. The summed E-state index contributed by atoms with van der Waals surface area (Å²) in [6, 6.07) is 7.72. The Kier molecular flexibility index (Phi) is 8.28. The Morgan fingerprint density at radius 3 is 2.48 bits per heavy atom. The van der Waals surface area contributed by atoms with Crippen LogP contribution in [0.3, 0.4) is 0 Å². The lowest BCUT2D eigenvalue weighted by atomic mass is 10.2. The predicted octanol–water partition coefficient (Wildman–Crippen LogP) is 1.97. The minimum atomic E-state index is 0.0907. The van der Waals surface area contributed by atoms with E-state index < -0.39 is 0 Å². The molecular weight excluding hydrogens is 268 g/mol. The van der Waals surface area contributed by atoms with Gasteiger partial charge < -0.3 is 20.1 Å². The predicted molar refractivity (Wildman–Crippen MR) is 83.9 cm³/mol. The molecule has 0 spiro atoms. The molecule has 0 aliphatic rings. The van der Waals surface area contributed by atoms with Crippen LogP contribution in [0.25, 0.3) is 0 Å². The second kappa shape index (κ2) is 10.0. The molecular formula is C16H26N2O3. The molecule has 1 atom stereocenters. The van der Waals surface area contributed by atoms with Gasteiger partial charge in [-0.3, -0.25) is 4.79 Å². The topological polar surface area (TPSA) is 59.6 Å². The van der Waals surface area contributed by atoms with Gasteiger partial charge in [0.2, 0.25) is 5.91 Å². The number of benzene rings is 1. The Morgan fingerprint density at radius 2 is 1.86 bits per heavy atom. The van der Waals surface area contributed by atoms with Crippen LogP contribution in [0, 0.1) is 0 Å². The maximum absolute atomic E-state index is 11.5. The maximum atomic E-state index is 11.5. The number of hydrogen-bond acceptors (Lipinski definition) is 4. The highest BCUT2D eigenvalue weighted by atomic mass is 16.5. The Labute approximate surface area is 127 Å². The number of nitrogens with one attached hydrogen (secondary N) is 2. The number of hydrogen-bond donors (Lipinski definition) is 2. The molecule has 0 aliphatic heterocycles. The summed E-state index contributed by atoms with van der Waals surface area (Å²) in [5.74, 6) is 1.72. The number of amides is 1. The van der Waals surface area contributed by atoms with Crippen LogP contribution in [0.15, 0.2) is 24.3 Å². The van der Waals surface area contributed by atoms with Crippen molar-refractivity contribution in [1.82, 2.24) is 10.6 Å². The fourth-order valence-corrected chi connectivity index (χ4v) is 1.69. The largest absolute Gasteiger partial charge is 0.497 e. The van der Waals surface area contributed by atoms with E-state index in [1.165, 1.54) is 0 Å². The summed E-state index contributed by atoms with van der Waals surface area (Å²) in [4.78, 5) is 11.5. The highest BCUT2D eigenvalue weighted by molar-refractivity contribution is 5.76. The fourth-order valence-electron chi connectivity index (χ4n) is 1.69. The molecule has 1 unspecified atom stereocenters. The van der Waals surface area contributed by atoms with Gasteiger partial charge >= 0.3 is 0 Å². The van der Waals surface area contributed by atoms with Crippen molar-refractivity contribution in [2.75, 3.05) is 26.8 Å². The van der Waals surface area contributed by atoms with Crippen LogP contribution in [0.1, 0.15) is 26.7 Å². The first-order chi connectivity index (χ1) is 10.2. The Hall–Kier alpha value is -1.75. The molecule has 1 aromatic carbocycles. The minimum Gasteiger partial charge on any atom is -0.497 e. The van der Waals surface area contributed by atoms with Crippen LogP contribution in [-0.4, -0.2) is 38.8 Å². The highest BCUT2D eigenvalue weighted by Gasteiger charge is 2.04. The molecule has 1 rings (SSSR count). The molecule has 0 saturated carbocycles. The van der Waals surface area contributed by atoms with E-state index in [1.807, 2.05) is 31.2 Å². The van der Waals surface area contributed by atoms with Gasteiger partial charge in [-0.15, -0.1) is 0 Å². The summed E-state index contributed by atoms with van der Waals surface area (Å²) in [7, 11) is 1.64. The first-order valence-corrected chi connectivity index (χ1v) is 7.42. The van der Waals surface area contributed by atoms with Gasteiger partial charge in [0, 0.05) is 25.6 Å². The zero-order chi connectivity index (χ0) is 15.5. The fraction of sp³-hybridized carbons (Fsp3) is 0.562. The van der Waals surface area contributed by atoms with Gasteiger partial charge in [-0.1, -0.05) is 6.92 Å². The van der Waals surface area contributed by atoms with Crippen LogP contribution in [0.4, 0.5) is 0 Å². The number of carbonyl (C=O) groups excluding carboxylic acids is 1. The van der Waals surface area contributed by atoms with E-state index in [0.29, 0.717) is 26.1 Å². The van der Waals surface area contributed by atoms with Crippen molar-refractivity contribution in [2.45, 2.75) is 32.7 Å². The molecule has 1 aromatic rings. The third-order valence-electron chi connectivity index (χ3n) is 3.16. The van der Waals surface area contributed by atoms with Crippen molar-refractivity contribution in [2.24, 2.45) is 0 Å². The summed E-state index contributed by atoms with van der Waals surface area (Å²) in [6.07, 6.45) is 1.45. The van der Waals surface area contributed by atoms with E-state index in [2.05, 4.69) is 17.6 Å². The molecule has 1 amide bonds. The standard InChI is InChI=1S/C16H26N2O3/c1-4-13(2)18-16(19)9-10-17-11-12-21-15-7-5-14(20-3)6-8-15/h5-8,13,17H,4,9-12H2,1-3H3,(H,18,19). The van der Waals surface area contributed by atoms with E-state index in [9.17, 15) is 4.79 Å². The average Bonchev–Trinajstić information content (AvgIpc) is 2.51. The van der Waals surface area contributed by atoms with Crippen molar-refractivity contribution >= 4 is 5.91 Å². The molecule has 0 saturated heterocycles. The van der Waals surface area contributed by atoms with Gasteiger partial charge in [-0.2, -0.15) is 0 Å². The van der Waals surface area contributed by atoms with Crippen LogP contribution in [0.2, 0.25) is 0 Å². The van der Waals surface area contributed by atoms with Crippen LogP contribution in [-0.2, 0) is 4.79 Å². The lowest BCUT2D eigenvalue weighted by Gasteiger charge is -2.11. The lowest BCUT2D eigenvalue weighted by molar-refractivity contribution is -0.121. The van der Waals surface area contributed by atoms with Crippen LogP contribution in [0.5, 0.6) is 11.5 Å². The minimum absolute atomic E-state index is 0.0907. The Balaban J connectivity index is 2.05. The highest BCUT2D eigenvalue weighted by Crippen LogP contribution is 2.16. The quantitative estimate of drug-likeness (QED) is 0.648. The van der Waals surface area contributed by atoms with Gasteiger partial charge in [-0.05, 0) is 37.6 Å². The van der Waals surface area contributed by atoms with Crippen molar-refractivity contribution < 1.29 is 14.3 Å². The zero-order valence-corrected chi connectivity index (χ0v) is 13.1.